The second-order valence-corrected chi connectivity index (χ2v) is 4.89. The third kappa shape index (κ3) is 5.73. The predicted octanol–water partition coefficient (Wildman–Crippen LogP) is 2.29. The van der Waals surface area contributed by atoms with E-state index in [-0.39, 0.29) is 30.7 Å². The number of phenols is 1. The van der Waals surface area contributed by atoms with E-state index in [1.807, 2.05) is 0 Å². The first-order valence-corrected chi connectivity index (χ1v) is 6.60. The quantitative estimate of drug-likeness (QED) is 0.749. The summed E-state index contributed by atoms with van der Waals surface area (Å²) < 4.78 is 5.04. The zero-order valence-electron chi connectivity index (χ0n) is 11.8. The molecule has 0 saturated heterocycles. The molecule has 0 saturated carbocycles. The van der Waals surface area contributed by atoms with Crippen LogP contribution < -0.4 is 0 Å². The smallest absolute Gasteiger partial charge is 0.306 e. The van der Waals surface area contributed by atoms with Gasteiger partial charge in [-0.2, -0.15) is 0 Å². The van der Waals surface area contributed by atoms with Gasteiger partial charge in [0.05, 0.1) is 6.10 Å². The molecule has 0 aromatic heterocycles. The van der Waals surface area contributed by atoms with Crippen LogP contribution >= 0.6 is 0 Å². The number of hydrogen-bond acceptors (Lipinski definition) is 4. The van der Waals surface area contributed by atoms with Crippen molar-refractivity contribution in [2.45, 2.75) is 45.6 Å². The van der Waals surface area contributed by atoms with Crippen molar-refractivity contribution < 1.29 is 24.5 Å². The molecule has 20 heavy (non-hydrogen) atoms. The van der Waals surface area contributed by atoms with Gasteiger partial charge in [0.25, 0.3) is 0 Å². The standard InChI is InChI=1S/C15H20O5/c1-10(2)20-15(19)8-5-12-9-13(16)6-3-11(12)4-7-14(17)18/h3,6,9-10,16H,4-5,7-8H2,1-2H3,(H,17,18). The van der Waals surface area contributed by atoms with Gasteiger partial charge in [-0.1, -0.05) is 6.07 Å². The molecule has 0 aliphatic heterocycles. The fourth-order valence-electron chi connectivity index (χ4n) is 1.89. The lowest BCUT2D eigenvalue weighted by atomic mass is 9.99. The molecule has 0 unspecified atom stereocenters. The number of ether oxygens (including phenoxy) is 1. The van der Waals surface area contributed by atoms with Crippen LogP contribution in [0.25, 0.3) is 0 Å². The molecule has 110 valence electrons. The summed E-state index contributed by atoms with van der Waals surface area (Å²) in [5, 5.41) is 18.2. The number of benzene rings is 1. The molecule has 1 aromatic rings. The van der Waals surface area contributed by atoms with Crippen LogP contribution in [0.3, 0.4) is 0 Å². The van der Waals surface area contributed by atoms with Crippen molar-refractivity contribution >= 4 is 11.9 Å². The molecule has 0 heterocycles. The Kier molecular flexibility index (Phi) is 6.03. The molecule has 1 aromatic carbocycles. The van der Waals surface area contributed by atoms with Gasteiger partial charge in [0, 0.05) is 12.8 Å². The van der Waals surface area contributed by atoms with Crippen molar-refractivity contribution in [2.75, 3.05) is 0 Å². The van der Waals surface area contributed by atoms with Crippen molar-refractivity contribution in [1.29, 1.82) is 0 Å². The maximum absolute atomic E-state index is 11.5. The Morgan fingerprint density at radius 3 is 2.40 bits per heavy atom. The highest BCUT2D eigenvalue weighted by atomic mass is 16.5. The average molecular weight is 280 g/mol. The summed E-state index contributed by atoms with van der Waals surface area (Å²) in [7, 11) is 0. The summed E-state index contributed by atoms with van der Waals surface area (Å²) in [5.74, 6) is -1.06. The number of carbonyl (C=O) groups is 2. The third-order valence-electron chi connectivity index (χ3n) is 2.76. The SMILES string of the molecule is CC(C)OC(=O)CCc1cc(O)ccc1CCC(=O)O. The molecule has 5 heteroatoms. The molecular formula is C15H20O5. The lowest BCUT2D eigenvalue weighted by Gasteiger charge is -2.11. The topological polar surface area (TPSA) is 83.8 Å². The molecule has 0 aliphatic carbocycles. The number of esters is 1. The summed E-state index contributed by atoms with van der Waals surface area (Å²) in [6.07, 6.45) is 0.882. The van der Waals surface area contributed by atoms with Crippen molar-refractivity contribution in [1.82, 2.24) is 0 Å². The zero-order chi connectivity index (χ0) is 15.1. The van der Waals surface area contributed by atoms with E-state index < -0.39 is 5.97 Å². The van der Waals surface area contributed by atoms with Crippen molar-refractivity contribution in [3.8, 4) is 5.75 Å². The maximum atomic E-state index is 11.5. The van der Waals surface area contributed by atoms with E-state index in [4.69, 9.17) is 9.84 Å². The lowest BCUT2D eigenvalue weighted by molar-refractivity contribution is -0.147. The minimum Gasteiger partial charge on any atom is -0.508 e. The van der Waals surface area contributed by atoms with E-state index in [2.05, 4.69) is 0 Å². The van der Waals surface area contributed by atoms with Crippen LogP contribution in [0.5, 0.6) is 5.75 Å². The molecule has 1 rings (SSSR count). The Balaban J connectivity index is 2.69. The van der Waals surface area contributed by atoms with E-state index in [0.29, 0.717) is 12.8 Å². The Morgan fingerprint density at radius 1 is 1.15 bits per heavy atom. The Labute approximate surface area is 118 Å². The lowest BCUT2D eigenvalue weighted by Crippen LogP contribution is -2.12. The number of carbonyl (C=O) groups excluding carboxylic acids is 1. The highest BCUT2D eigenvalue weighted by Crippen LogP contribution is 2.20. The third-order valence-corrected chi connectivity index (χ3v) is 2.76. The van der Waals surface area contributed by atoms with Gasteiger partial charge in [0.15, 0.2) is 0 Å². The molecule has 0 atom stereocenters. The van der Waals surface area contributed by atoms with Crippen LogP contribution in [0.1, 0.15) is 37.8 Å². The van der Waals surface area contributed by atoms with Gasteiger partial charge in [-0.3, -0.25) is 9.59 Å². The molecule has 2 N–H and O–H groups in total. The molecule has 0 aliphatic rings. The Hall–Kier alpha value is -2.04. The predicted molar refractivity (Wildman–Crippen MR) is 73.6 cm³/mol. The summed E-state index contributed by atoms with van der Waals surface area (Å²) in [6, 6.07) is 4.79. The number of aryl methyl sites for hydroxylation is 2. The van der Waals surface area contributed by atoms with E-state index in [9.17, 15) is 14.7 Å². The molecule has 0 fully saturated rings. The van der Waals surface area contributed by atoms with Crippen molar-refractivity contribution in [3.63, 3.8) is 0 Å². The average Bonchev–Trinajstić information content (AvgIpc) is 2.34. The summed E-state index contributed by atoms with van der Waals surface area (Å²) in [4.78, 5) is 22.1. The maximum Gasteiger partial charge on any atom is 0.306 e. The number of aliphatic carboxylic acids is 1. The van der Waals surface area contributed by atoms with Crippen LogP contribution in [-0.4, -0.2) is 28.3 Å². The molecule has 0 spiro atoms. The van der Waals surface area contributed by atoms with Crippen molar-refractivity contribution in [3.05, 3.63) is 29.3 Å². The van der Waals surface area contributed by atoms with Crippen LogP contribution in [0, 0.1) is 0 Å². The second kappa shape index (κ2) is 7.53. The van der Waals surface area contributed by atoms with E-state index in [1.54, 1.807) is 26.0 Å². The summed E-state index contributed by atoms with van der Waals surface area (Å²) >= 11 is 0. The first-order valence-electron chi connectivity index (χ1n) is 6.60. The molecule has 0 radical (unpaired) electrons. The fraction of sp³-hybridized carbons (Fsp3) is 0.467. The fourth-order valence-corrected chi connectivity index (χ4v) is 1.89. The van der Waals surface area contributed by atoms with Gasteiger partial charge in [-0.05, 0) is 49.9 Å². The van der Waals surface area contributed by atoms with Gasteiger partial charge < -0.3 is 14.9 Å². The van der Waals surface area contributed by atoms with E-state index >= 15 is 0 Å². The van der Waals surface area contributed by atoms with Gasteiger partial charge in [0.1, 0.15) is 5.75 Å². The number of phenolic OH excluding ortho intramolecular Hbond substituents is 1. The number of carboxylic acids is 1. The van der Waals surface area contributed by atoms with Crippen molar-refractivity contribution in [2.24, 2.45) is 0 Å². The van der Waals surface area contributed by atoms with Gasteiger partial charge in [-0.25, -0.2) is 0 Å². The summed E-state index contributed by atoms with van der Waals surface area (Å²) in [6.45, 7) is 3.56. The first kappa shape index (κ1) is 16.0. The van der Waals surface area contributed by atoms with Gasteiger partial charge in [-0.15, -0.1) is 0 Å². The van der Waals surface area contributed by atoms with Crippen LogP contribution in [0.2, 0.25) is 0 Å². The number of carboxylic acid groups (broad SMARTS) is 1. The number of rotatable bonds is 7. The van der Waals surface area contributed by atoms with Crippen LogP contribution in [0.15, 0.2) is 18.2 Å². The highest BCUT2D eigenvalue weighted by Gasteiger charge is 2.10. The molecule has 5 nitrogen and oxygen atoms in total. The zero-order valence-corrected chi connectivity index (χ0v) is 11.8. The van der Waals surface area contributed by atoms with E-state index in [1.165, 1.54) is 6.07 Å². The summed E-state index contributed by atoms with van der Waals surface area (Å²) in [5.41, 5.74) is 1.62. The minimum absolute atomic E-state index is 0.0220. The molecule has 0 bridgehead atoms. The Morgan fingerprint density at radius 2 is 1.80 bits per heavy atom. The second-order valence-electron chi connectivity index (χ2n) is 4.89. The normalized spacial score (nSPS) is 10.6. The number of aromatic hydroxyl groups is 1. The molecule has 0 amide bonds. The van der Waals surface area contributed by atoms with Crippen LogP contribution in [0.4, 0.5) is 0 Å². The van der Waals surface area contributed by atoms with Crippen LogP contribution in [-0.2, 0) is 27.2 Å². The van der Waals surface area contributed by atoms with Gasteiger partial charge >= 0.3 is 11.9 Å². The largest absolute Gasteiger partial charge is 0.508 e. The highest BCUT2D eigenvalue weighted by molar-refractivity contribution is 5.70. The molecular weight excluding hydrogens is 260 g/mol. The van der Waals surface area contributed by atoms with E-state index in [0.717, 1.165) is 11.1 Å². The minimum atomic E-state index is -0.872. The Bertz CT molecular complexity index is 479. The number of hydrogen-bond donors (Lipinski definition) is 2. The first-order chi connectivity index (χ1) is 9.38. The monoisotopic (exact) mass is 280 g/mol. The van der Waals surface area contributed by atoms with Gasteiger partial charge in [0.2, 0.25) is 0 Å².